The molecule has 0 saturated heterocycles. The predicted molar refractivity (Wildman–Crippen MR) is 34.2 cm³/mol. The number of ketones is 1. The van der Waals surface area contributed by atoms with Crippen LogP contribution in [0.25, 0.3) is 0 Å². The number of carbonyl (C=O) groups excluding carboxylic acids is 2. The van der Waals surface area contributed by atoms with Crippen LogP contribution in [-0.4, -0.2) is 16.0 Å². The highest BCUT2D eigenvalue weighted by Crippen LogP contribution is 1.95. The summed E-state index contributed by atoms with van der Waals surface area (Å²) in [5.74, 6) is -0.143. The first-order valence-electron chi connectivity index (χ1n) is 1.70. The van der Waals surface area contributed by atoms with Crippen molar-refractivity contribution < 1.29 is 9.59 Å². The second-order valence-corrected chi connectivity index (χ2v) is 2.34. The topological polar surface area (TPSA) is 34.1 Å². The van der Waals surface area contributed by atoms with Crippen molar-refractivity contribution in [2.24, 2.45) is 0 Å². The average Bonchev–Trinajstić information content (AvgIpc) is 1.65. The molecule has 0 amide bonds. The molecule has 0 bridgehead atoms. The normalized spacial score (nSPS) is 12.9. The summed E-state index contributed by atoms with van der Waals surface area (Å²) < 4.78 is -0.572. The maximum atomic E-state index is 10.1. The first-order chi connectivity index (χ1) is 3.18. The minimum Gasteiger partial charge on any atom is -0.298 e. The summed E-state index contributed by atoms with van der Waals surface area (Å²) in [5, 5.41) is 0. The summed E-state index contributed by atoms with van der Waals surface area (Å²) in [4.78, 5) is 19.7. The van der Waals surface area contributed by atoms with Gasteiger partial charge in [-0.25, -0.2) is 0 Å². The zero-order valence-corrected chi connectivity index (χ0v) is 5.93. The molecule has 2 nitrogen and oxygen atoms in total. The lowest BCUT2D eigenvalue weighted by Crippen LogP contribution is -2.09. The van der Waals surface area contributed by atoms with Gasteiger partial charge in [-0.3, -0.25) is 9.59 Å². The van der Waals surface area contributed by atoms with Crippen LogP contribution in [-0.2, 0) is 9.59 Å². The van der Waals surface area contributed by atoms with Gasteiger partial charge in [0, 0.05) is 0 Å². The number of carbonyl (C=O) groups is 1. The Balaban J connectivity index is 3.55. The summed E-state index contributed by atoms with van der Waals surface area (Å²) in [7, 11) is 0. The van der Waals surface area contributed by atoms with Gasteiger partial charge in [0.1, 0.15) is 3.92 Å². The molecule has 1 unspecified atom stereocenters. The first kappa shape index (κ1) is 7.07. The molecule has 3 heteroatoms. The Bertz CT molecular complexity index is 89.7. The maximum Gasteiger partial charge on any atom is 0.220 e. The van der Waals surface area contributed by atoms with Crippen LogP contribution in [0.4, 0.5) is 0 Å². The van der Waals surface area contributed by atoms with Gasteiger partial charge >= 0.3 is 0 Å². The molecule has 7 heavy (non-hydrogen) atoms. The second kappa shape index (κ2) is 3.12. The molecule has 0 aliphatic rings. The maximum absolute atomic E-state index is 10.1. The van der Waals surface area contributed by atoms with E-state index in [0.29, 0.717) is 0 Å². The summed E-state index contributed by atoms with van der Waals surface area (Å²) >= 11 is 1.72. The zero-order valence-electron chi connectivity index (χ0n) is 3.77. The van der Waals surface area contributed by atoms with Gasteiger partial charge in [-0.1, -0.05) is 22.6 Å². The van der Waals surface area contributed by atoms with E-state index in [4.69, 9.17) is 0 Å². The van der Waals surface area contributed by atoms with E-state index in [1.165, 1.54) is 6.92 Å². The van der Waals surface area contributed by atoms with E-state index in [1.54, 1.807) is 28.9 Å². The summed E-state index contributed by atoms with van der Waals surface area (Å²) in [5.41, 5.74) is 0. The smallest absolute Gasteiger partial charge is 0.220 e. The van der Waals surface area contributed by atoms with Crippen molar-refractivity contribution in [1.29, 1.82) is 0 Å². The van der Waals surface area contributed by atoms with E-state index in [9.17, 15) is 9.59 Å². The minimum absolute atomic E-state index is 0.143. The monoisotopic (exact) mass is 211 g/mol. The Morgan fingerprint density at radius 2 is 2.29 bits per heavy atom. The molecular formula is C4H4IO2. The van der Waals surface area contributed by atoms with E-state index in [1.807, 2.05) is 0 Å². The molecule has 0 saturated carbocycles. The SMILES string of the molecule is CC(=O)C(I)[C]=O. The minimum atomic E-state index is -0.572. The highest BCUT2D eigenvalue weighted by atomic mass is 127. The molecule has 0 aliphatic carbocycles. The van der Waals surface area contributed by atoms with Crippen molar-refractivity contribution in [1.82, 2.24) is 0 Å². The number of hydrogen-bond acceptors (Lipinski definition) is 2. The van der Waals surface area contributed by atoms with Crippen LogP contribution >= 0.6 is 22.6 Å². The molecule has 0 aromatic carbocycles. The zero-order chi connectivity index (χ0) is 5.86. The fourth-order valence-corrected chi connectivity index (χ4v) is 0.0830. The second-order valence-electron chi connectivity index (χ2n) is 1.09. The van der Waals surface area contributed by atoms with E-state index in [0.717, 1.165) is 0 Å². The Morgan fingerprint density at radius 3 is 2.29 bits per heavy atom. The van der Waals surface area contributed by atoms with Gasteiger partial charge in [0.25, 0.3) is 0 Å². The number of halogens is 1. The highest BCUT2D eigenvalue weighted by molar-refractivity contribution is 14.1. The van der Waals surface area contributed by atoms with E-state index >= 15 is 0 Å². The fraction of sp³-hybridized carbons (Fsp3) is 0.500. The lowest BCUT2D eigenvalue weighted by molar-refractivity contribution is -0.115. The summed E-state index contributed by atoms with van der Waals surface area (Å²) in [6.45, 7) is 1.36. The van der Waals surface area contributed by atoms with Crippen LogP contribution in [0.15, 0.2) is 0 Å². The molecule has 0 aromatic rings. The highest BCUT2D eigenvalue weighted by Gasteiger charge is 2.06. The number of rotatable bonds is 2. The molecule has 39 valence electrons. The van der Waals surface area contributed by atoms with Gasteiger partial charge in [-0.15, -0.1) is 0 Å². The van der Waals surface area contributed by atoms with Crippen molar-refractivity contribution in [3.8, 4) is 0 Å². The Labute approximate surface area is 55.4 Å². The molecule has 0 aromatic heterocycles. The van der Waals surface area contributed by atoms with Gasteiger partial charge in [0.2, 0.25) is 6.29 Å². The summed E-state index contributed by atoms with van der Waals surface area (Å²) in [6.07, 6.45) is 1.55. The lowest BCUT2D eigenvalue weighted by Gasteiger charge is -1.86. The van der Waals surface area contributed by atoms with Crippen molar-refractivity contribution in [3.63, 3.8) is 0 Å². The largest absolute Gasteiger partial charge is 0.298 e. The van der Waals surface area contributed by atoms with Crippen molar-refractivity contribution in [2.45, 2.75) is 10.8 Å². The number of hydrogen-bond donors (Lipinski definition) is 0. The van der Waals surface area contributed by atoms with Crippen LogP contribution in [0, 0.1) is 0 Å². The van der Waals surface area contributed by atoms with Crippen molar-refractivity contribution >= 4 is 34.7 Å². The van der Waals surface area contributed by atoms with Gasteiger partial charge in [-0.2, -0.15) is 0 Å². The average molecular weight is 211 g/mol. The molecule has 0 fully saturated rings. The molecule has 0 N–H and O–H groups in total. The Morgan fingerprint density at radius 1 is 1.86 bits per heavy atom. The van der Waals surface area contributed by atoms with Gasteiger partial charge in [0.15, 0.2) is 5.78 Å². The van der Waals surface area contributed by atoms with Crippen LogP contribution < -0.4 is 0 Å². The third kappa shape index (κ3) is 2.73. The molecule has 1 atom stereocenters. The molecule has 1 radical (unpaired) electrons. The van der Waals surface area contributed by atoms with Crippen molar-refractivity contribution in [3.05, 3.63) is 0 Å². The van der Waals surface area contributed by atoms with E-state index in [2.05, 4.69) is 0 Å². The Kier molecular flexibility index (Phi) is 3.15. The third-order valence-corrected chi connectivity index (χ3v) is 1.59. The third-order valence-electron chi connectivity index (χ3n) is 0.460. The van der Waals surface area contributed by atoms with Gasteiger partial charge in [0.05, 0.1) is 0 Å². The Hall–Kier alpha value is 0.0700. The number of alkyl halides is 1. The molecule has 0 aliphatic heterocycles. The van der Waals surface area contributed by atoms with Crippen molar-refractivity contribution in [2.75, 3.05) is 0 Å². The number of Topliss-reactive ketones (excluding diaryl/α,β-unsaturated/α-hetero) is 1. The molecule has 0 rings (SSSR count). The van der Waals surface area contributed by atoms with Crippen LogP contribution in [0.1, 0.15) is 6.92 Å². The van der Waals surface area contributed by atoms with Gasteiger partial charge in [-0.05, 0) is 6.92 Å². The van der Waals surface area contributed by atoms with Crippen LogP contribution in [0.5, 0.6) is 0 Å². The first-order valence-corrected chi connectivity index (χ1v) is 2.95. The molecule has 0 spiro atoms. The van der Waals surface area contributed by atoms with Gasteiger partial charge < -0.3 is 0 Å². The predicted octanol–water partition coefficient (Wildman–Crippen LogP) is 0.489. The standard InChI is InChI=1S/C4H4IO2/c1-3(7)4(5)2-6/h4H,1H3. The van der Waals surface area contributed by atoms with E-state index < -0.39 is 3.92 Å². The lowest BCUT2D eigenvalue weighted by atomic mass is 10.3. The summed E-state index contributed by atoms with van der Waals surface area (Å²) in [6, 6.07) is 0. The molecule has 0 heterocycles. The van der Waals surface area contributed by atoms with Crippen LogP contribution in [0.2, 0.25) is 0 Å². The van der Waals surface area contributed by atoms with E-state index in [-0.39, 0.29) is 5.78 Å². The quantitative estimate of drug-likeness (QED) is 0.378. The molecular weight excluding hydrogens is 207 g/mol. The fourth-order valence-electron chi connectivity index (χ4n) is 0.0830. The van der Waals surface area contributed by atoms with Crippen LogP contribution in [0.3, 0.4) is 0 Å².